The van der Waals surface area contributed by atoms with E-state index in [9.17, 15) is 9.59 Å². The number of benzene rings is 2. The fourth-order valence-corrected chi connectivity index (χ4v) is 4.34. The monoisotopic (exact) mass is 409 g/mol. The summed E-state index contributed by atoms with van der Waals surface area (Å²) in [5.41, 5.74) is 2.11. The Kier molecular flexibility index (Phi) is 5.24. The van der Waals surface area contributed by atoms with Gasteiger partial charge in [0.15, 0.2) is 4.77 Å². The van der Waals surface area contributed by atoms with Crippen molar-refractivity contribution < 1.29 is 9.53 Å². The summed E-state index contributed by atoms with van der Waals surface area (Å²) in [4.78, 5) is 30.8. The molecular formula is C22H23N3O3S. The Morgan fingerprint density at radius 2 is 2.00 bits per heavy atom. The zero-order chi connectivity index (χ0) is 20.5. The molecule has 1 saturated heterocycles. The SMILES string of the molecule is CCn1c(=S)[nH]c2cc(C(=O)N3CCCC3c3ccc(OC)cc3)ccc2c1=O. The summed E-state index contributed by atoms with van der Waals surface area (Å²) in [6, 6.07) is 13.1. The van der Waals surface area contributed by atoms with Gasteiger partial charge in [-0.25, -0.2) is 0 Å². The Hall–Kier alpha value is -2.93. The van der Waals surface area contributed by atoms with E-state index in [2.05, 4.69) is 4.98 Å². The third kappa shape index (κ3) is 3.46. The molecule has 0 bridgehead atoms. The van der Waals surface area contributed by atoms with Crippen LogP contribution in [0.5, 0.6) is 5.75 Å². The number of ether oxygens (including phenoxy) is 1. The van der Waals surface area contributed by atoms with E-state index in [0.717, 1.165) is 24.2 Å². The van der Waals surface area contributed by atoms with E-state index < -0.39 is 0 Å². The zero-order valence-corrected chi connectivity index (χ0v) is 17.3. The van der Waals surface area contributed by atoms with E-state index in [0.29, 0.717) is 34.3 Å². The van der Waals surface area contributed by atoms with Gasteiger partial charge in [-0.05, 0) is 67.9 Å². The minimum Gasteiger partial charge on any atom is -0.497 e. The van der Waals surface area contributed by atoms with Gasteiger partial charge in [0.05, 0.1) is 24.1 Å². The van der Waals surface area contributed by atoms with Gasteiger partial charge in [0.1, 0.15) is 5.75 Å². The van der Waals surface area contributed by atoms with Crippen LogP contribution in [0.15, 0.2) is 47.3 Å². The Balaban J connectivity index is 1.68. The minimum absolute atomic E-state index is 0.0377. The van der Waals surface area contributed by atoms with Crippen LogP contribution in [0.4, 0.5) is 0 Å². The number of carbonyl (C=O) groups excluding carboxylic acids is 1. The molecule has 0 aliphatic carbocycles. The fraction of sp³-hybridized carbons (Fsp3) is 0.318. The summed E-state index contributed by atoms with van der Waals surface area (Å²) < 4.78 is 7.11. The molecule has 1 unspecified atom stereocenters. The molecule has 0 saturated carbocycles. The number of hydrogen-bond donors (Lipinski definition) is 1. The highest BCUT2D eigenvalue weighted by atomic mass is 32.1. The summed E-state index contributed by atoms with van der Waals surface area (Å²) >= 11 is 5.29. The van der Waals surface area contributed by atoms with Crippen LogP contribution in [-0.2, 0) is 6.54 Å². The van der Waals surface area contributed by atoms with Gasteiger partial charge in [-0.1, -0.05) is 12.1 Å². The molecule has 2 aromatic carbocycles. The molecule has 150 valence electrons. The number of methoxy groups -OCH3 is 1. The number of amides is 1. The molecule has 1 N–H and O–H groups in total. The third-order valence-electron chi connectivity index (χ3n) is 5.56. The van der Waals surface area contributed by atoms with Gasteiger partial charge < -0.3 is 14.6 Å². The Morgan fingerprint density at radius 1 is 1.24 bits per heavy atom. The molecule has 4 rings (SSSR count). The van der Waals surface area contributed by atoms with Gasteiger partial charge in [-0.2, -0.15) is 0 Å². The van der Waals surface area contributed by atoms with Gasteiger partial charge in [0.2, 0.25) is 0 Å². The van der Waals surface area contributed by atoms with Crippen molar-refractivity contribution in [2.24, 2.45) is 0 Å². The molecule has 7 heteroatoms. The van der Waals surface area contributed by atoms with E-state index in [-0.39, 0.29) is 17.5 Å². The van der Waals surface area contributed by atoms with Crippen LogP contribution in [0.3, 0.4) is 0 Å². The highest BCUT2D eigenvalue weighted by Gasteiger charge is 2.30. The molecule has 1 aliphatic rings. The van der Waals surface area contributed by atoms with Crippen molar-refractivity contribution in [3.8, 4) is 5.75 Å². The molecule has 29 heavy (non-hydrogen) atoms. The van der Waals surface area contributed by atoms with Gasteiger partial charge >= 0.3 is 0 Å². The maximum atomic E-state index is 13.3. The Morgan fingerprint density at radius 3 is 2.69 bits per heavy atom. The van der Waals surface area contributed by atoms with Gasteiger partial charge in [-0.15, -0.1) is 0 Å². The molecule has 1 amide bonds. The number of rotatable bonds is 4. The van der Waals surface area contributed by atoms with Crippen molar-refractivity contribution in [3.63, 3.8) is 0 Å². The van der Waals surface area contributed by atoms with Crippen LogP contribution in [0.25, 0.3) is 10.9 Å². The topological polar surface area (TPSA) is 67.3 Å². The average Bonchev–Trinajstić information content (AvgIpc) is 3.23. The maximum Gasteiger partial charge on any atom is 0.262 e. The highest BCUT2D eigenvalue weighted by Crippen LogP contribution is 2.34. The van der Waals surface area contributed by atoms with Crippen LogP contribution in [0, 0.1) is 4.77 Å². The number of nitrogens with one attached hydrogen (secondary N) is 1. The lowest BCUT2D eigenvalue weighted by Gasteiger charge is -2.25. The number of likely N-dealkylation sites (tertiary alicyclic amines) is 1. The van der Waals surface area contributed by atoms with Gasteiger partial charge in [0, 0.05) is 18.7 Å². The number of aromatic nitrogens is 2. The fourth-order valence-electron chi connectivity index (χ4n) is 4.02. The Bertz CT molecular complexity index is 1180. The van der Waals surface area contributed by atoms with Crippen LogP contribution in [-0.4, -0.2) is 34.0 Å². The van der Waals surface area contributed by atoms with Crippen molar-refractivity contribution in [2.75, 3.05) is 13.7 Å². The summed E-state index contributed by atoms with van der Waals surface area (Å²) in [5.74, 6) is 0.761. The summed E-state index contributed by atoms with van der Waals surface area (Å²) in [7, 11) is 1.64. The van der Waals surface area contributed by atoms with Gasteiger partial charge in [0.25, 0.3) is 11.5 Å². The van der Waals surface area contributed by atoms with E-state index in [4.69, 9.17) is 17.0 Å². The molecule has 1 aromatic heterocycles. The number of fused-ring (bicyclic) bond motifs is 1. The summed E-state index contributed by atoms with van der Waals surface area (Å²) in [6.45, 7) is 3.09. The first-order valence-corrected chi connectivity index (χ1v) is 10.2. The van der Waals surface area contributed by atoms with Crippen LogP contribution < -0.4 is 10.3 Å². The van der Waals surface area contributed by atoms with Crippen molar-refractivity contribution >= 4 is 29.0 Å². The average molecular weight is 410 g/mol. The second kappa shape index (κ2) is 7.83. The quantitative estimate of drug-likeness (QED) is 0.660. The van der Waals surface area contributed by atoms with Crippen LogP contribution in [0.1, 0.15) is 41.7 Å². The van der Waals surface area contributed by atoms with E-state index in [1.807, 2.05) is 36.1 Å². The molecule has 0 spiro atoms. The predicted molar refractivity (Wildman–Crippen MR) is 115 cm³/mol. The summed E-state index contributed by atoms with van der Waals surface area (Å²) in [6.07, 6.45) is 1.88. The van der Waals surface area contributed by atoms with Gasteiger partial charge in [-0.3, -0.25) is 14.2 Å². The third-order valence-corrected chi connectivity index (χ3v) is 5.88. The van der Waals surface area contributed by atoms with E-state index in [1.165, 1.54) is 4.57 Å². The van der Waals surface area contributed by atoms with Crippen molar-refractivity contribution in [1.82, 2.24) is 14.5 Å². The number of carbonyl (C=O) groups is 1. The van der Waals surface area contributed by atoms with E-state index >= 15 is 0 Å². The number of aromatic amines is 1. The molecule has 3 aromatic rings. The molecule has 1 fully saturated rings. The largest absolute Gasteiger partial charge is 0.497 e. The van der Waals surface area contributed by atoms with Crippen LogP contribution in [0.2, 0.25) is 0 Å². The normalized spacial score (nSPS) is 16.3. The number of H-pyrrole nitrogens is 1. The molecule has 1 aliphatic heterocycles. The first-order chi connectivity index (χ1) is 14.0. The number of hydrogen-bond acceptors (Lipinski definition) is 4. The molecule has 2 heterocycles. The van der Waals surface area contributed by atoms with Crippen LogP contribution >= 0.6 is 12.2 Å². The lowest BCUT2D eigenvalue weighted by atomic mass is 10.0. The second-order valence-electron chi connectivity index (χ2n) is 7.17. The molecule has 0 radical (unpaired) electrons. The summed E-state index contributed by atoms with van der Waals surface area (Å²) in [5, 5.41) is 0.533. The zero-order valence-electron chi connectivity index (χ0n) is 16.5. The van der Waals surface area contributed by atoms with Crippen molar-refractivity contribution in [3.05, 3.63) is 68.7 Å². The predicted octanol–water partition coefficient (Wildman–Crippen LogP) is 4.06. The number of nitrogens with zero attached hydrogens (tertiary/aromatic N) is 2. The first kappa shape index (κ1) is 19.4. The highest BCUT2D eigenvalue weighted by molar-refractivity contribution is 7.71. The smallest absolute Gasteiger partial charge is 0.262 e. The lowest BCUT2D eigenvalue weighted by molar-refractivity contribution is 0.0736. The standard InChI is InChI=1S/C22H23N3O3S/c1-3-24-21(27)17-11-8-15(13-18(17)23-22(24)29)20(26)25-12-4-5-19(25)14-6-9-16(28-2)10-7-14/h6-11,13,19H,3-5,12H2,1-2H3,(H,23,29). The molecule has 6 nitrogen and oxygen atoms in total. The first-order valence-electron chi connectivity index (χ1n) is 9.75. The minimum atomic E-state index is -0.137. The lowest BCUT2D eigenvalue weighted by Crippen LogP contribution is -2.30. The van der Waals surface area contributed by atoms with Crippen molar-refractivity contribution in [2.45, 2.75) is 32.4 Å². The van der Waals surface area contributed by atoms with Crippen molar-refractivity contribution in [1.29, 1.82) is 0 Å². The molecular weight excluding hydrogens is 386 g/mol. The maximum absolute atomic E-state index is 13.3. The second-order valence-corrected chi connectivity index (χ2v) is 7.56. The van der Waals surface area contributed by atoms with E-state index in [1.54, 1.807) is 25.3 Å². The Labute approximate surface area is 173 Å². The molecule has 1 atom stereocenters.